The third-order valence-corrected chi connectivity index (χ3v) is 7.25. The number of ether oxygens (including phenoxy) is 1. The normalized spacial score (nSPS) is 14.8. The van der Waals surface area contributed by atoms with Crippen molar-refractivity contribution in [1.82, 2.24) is 4.72 Å². The number of hydrogen-bond donors (Lipinski definition) is 2. The van der Waals surface area contributed by atoms with Crippen LogP contribution in [-0.4, -0.2) is 30.0 Å². The Morgan fingerprint density at radius 2 is 1.69 bits per heavy atom. The maximum Gasteiger partial charge on any atom is 0.261 e. The average Bonchev–Trinajstić information content (AvgIpc) is 3.38. The molecule has 0 aromatic heterocycles. The van der Waals surface area contributed by atoms with Gasteiger partial charge in [-0.2, -0.15) is 0 Å². The quantitative estimate of drug-likeness (QED) is 0.661. The largest absolute Gasteiger partial charge is 0.496 e. The SMILES string of the molecule is COc1ccc(S(=O)(=O)Nc2cccc(S(=O)(=O)NC3CC3)c2)cc1Br. The molecule has 0 bridgehead atoms. The fourth-order valence-corrected chi connectivity index (χ4v) is 5.36. The van der Waals surface area contributed by atoms with Crippen LogP contribution in [0.4, 0.5) is 5.69 Å². The highest BCUT2D eigenvalue weighted by molar-refractivity contribution is 9.10. The first-order valence-corrected chi connectivity index (χ1v) is 11.5. The summed E-state index contributed by atoms with van der Waals surface area (Å²) in [5, 5.41) is 0. The minimum absolute atomic E-state index is 0.0144. The van der Waals surface area contributed by atoms with Gasteiger partial charge < -0.3 is 4.74 Å². The van der Waals surface area contributed by atoms with Crippen molar-refractivity contribution in [1.29, 1.82) is 0 Å². The Hall–Kier alpha value is -1.62. The summed E-state index contributed by atoms with van der Waals surface area (Å²) in [5.74, 6) is 0.503. The maximum atomic E-state index is 12.6. The number of anilines is 1. The van der Waals surface area contributed by atoms with Crippen molar-refractivity contribution < 1.29 is 21.6 Å². The van der Waals surface area contributed by atoms with Crippen LogP contribution in [0.25, 0.3) is 0 Å². The number of nitrogens with one attached hydrogen (secondary N) is 2. The second kappa shape index (κ2) is 7.18. The van der Waals surface area contributed by atoms with Crippen molar-refractivity contribution in [2.45, 2.75) is 28.7 Å². The molecule has 0 unspecified atom stereocenters. The first kappa shape index (κ1) is 19.2. The van der Waals surface area contributed by atoms with Gasteiger partial charge in [-0.25, -0.2) is 21.6 Å². The zero-order valence-corrected chi connectivity index (χ0v) is 17.0. The van der Waals surface area contributed by atoms with Gasteiger partial charge >= 0.3 is 0 Å². The van der Waals surface area contributed by atoms with E-state index in [1.54, 1.807) is 0 Å². The van der Waals surface area contributed by atoms with Crippen LogP contribution in [0, 0.1) is 0 Å². The fourth-order valence-electron chi connectivity index (χ4n) is 2.24. The van der Waals surface area contributed by atoms with E-state index in [4.69, 9.17) is 4.74 Å². The third-order valence-electron chi connectivity index (χ3n) is 3.73. The summed E-state index contributed by atoms with van der Waals surface area (Å²) in [4.78, 5) is 0.0371. The molecule has 0 amide bonds. The molecule has 0 aliphatic heterocycles. The summed E-state index contributed by atoms with van der Waals surface area (Å²) < 4.78 is 60.2. The van der Waals surface area contributed by atoms with Crippen LogP contribution >= 0.6 is 15.9 Å². The van der Waals surface area contributed by atoms with Crippen LogP contribution in [-0.2, 0) is 20.0 Å². The molecular weight excluding hydrogens is 444 g/mol. The molecule has 7 nitrogen and oxygen atoms in total. The van der Waals surface area contributed by atoms with Gasteiger partial charge in [-0.15, -0.1) is 0 Å². The Morgan fingerprint density at radius 1 is 1.00 bits per heavy atom. The van der Waals surface area contributed by atoms with E-state index in [1.807, 2.05) is 0 Å². The van der Waals surface area contributed by atoms with Crippen LogP contribution in [0.2, 0.25) is 0 Å². The Kier molecular flexibility index (Phi) is 5.29. The number of hydrogen-bond acceptors (Lipinski definition) is 5. The number of benzene rings is 2. The Morgan fingerprint density at radius 3 is 2.31 bits per heavy atom. The van der Waals surface area contributed by atoms with E-state index in [0.29, 0.717) is 10.2 Å². The lowest BCUT2D eigenvalue weighted by atomic mass is 10.3. The van der Waals surface area contributed by atoms with Crippen molar-refractivity contribution in [3.8, 4) is 5.75 Å². The minimum Gasteiger partial charge on any atom is -0.496 e. The predicted molar refractivity (Wildman–Crippen MR) is 101 cm³/mol. The van der Waals surface area contributed by atoms with E-state index in [1.165, 1.54) is 49.6 Å². The summed E-state index contributed by atoms with van der Waals surface area (Å²) in [6.07, 6.45) is 1.63. The molecule has 10 heteroatoms. The molecule has 1 aliphatic rings. The second-order valence-electron chi connectivity index (χ2n) is 5.83. The molecular formula is C16H17BrN2O5S2. The van der Waals surface area contributed by atoms with Crippen LogP contribution < -0.4 is 14.2 Å². The molecule has 1 saturated carbocycles. The lowest BCUT2D eigenvalue weighted by Crippen LogP contribution is -2.25. The highest BCUT2D eigenvalue weighted by Crippen LogP contribution is 2.29. The summed E-state index contributed by atoms with van der Waals surface area (Å²) in [7, 11) is -6.07. The Balaban J connectivity index is 1.86. The molecule has 26 heavy (non-hydrogen) atoms. The molecule has 1 fully saturated rings. The van der Waals surface area contributed by atoms with E-state index in [-0.39, 0.29) is 21.5 Å². The van der Waals surface area contributed by atoms with Crippen molar-refractivity contribution in [2.75, 3.05) is 11.8 Å². The van der Waals surface area contributed by atoms with Crippen molar-refractivity contribution in [2.24, 2.45) is 0 Å². The van der Waals surface area contributed by atoms with E-state index < -0.39 is 20.0 Å². The summed E-state index contributed by atoms with van der Waals surface area (Å²) in [5.41, 5.74) is 0.163. The lowest BCUT2D eigenvalue weighted by molar-refractivity contribution is 0.411. The van der Waals surface area contributed by atoms with Crippen molar-refractivity contribution >= 4 is 41.7 Å². The van der Waals surface area contributed by atoms with Crippen LogP contribution in [0.5, 0.6) is 5.75 Å². The molecule has 0 spiro atoms. The molecule has 140 valence electrons. The smallest absolute Gasteiger partial charge is 0.261 e. The molecule has 3 rings (SSSR count). The number of sulfonamides is 2. The van der Waals surface area contributed by atoms with Gasteiger partial charge in [0.25, 0.3) is 10.0 Å². The van der Waals surface area contributed by atoms with Gasteiger partial charge in [0.05, 0.1) is 27.1 Å². The summed E-state index contributed by atoms with van der Waals surface area (Å²) in [6, 6.07) is 10.0. The zero-order valence-electron chi connectivity index (χ0n) is 13.8. The first-order chi connectivity index (χ1) is 12.2. The molecule has 2 N–H and O–H groups in total. The van der Waals surface area contributed by atoms with Crippen molar-refractivity contribution in [3.63, 3.8) is 0 Å². The van der Waals surface area contributed by atoms with Crippen LogP contribution in [0.1, 0.15) is 12.8 Å². The van der Waals surface area contributed by atoms with Gasteiger partial charge in [-0.1, -0.05) is 6.07 Å². The van der Waals surface area contributed by atoms with Crippen molar-refractivity contribution in [3.05, 3.63) is 46.9 Å². The minimum atomic E-state index is -3.88. The van der Waals surface area contributed by atoms with Gasteiger partial charge in [0, 0.05) is 6.04 Å². The lowest BCUT2D eigenvalue weighted by Gasteiger charge is -2.11. The second-order valence-corrected chi connectivity index (χ2v) is 10.1. The molecule has 0 atom stereocenters. The molecule has 0 saturated heterocycles. The van der Waals surface area contributed by atoms with E-state index >= 15 is 0 Å². The summed E-state index contributed by atoms with van der Waals surface area (Å²) in [6.45, 7) is 0. The van der Waals surface area contributed by atoms with Gasteiger partial charge in [-0.3, -0.25) is 4.72 Å². The van der Waals surface area contributed by atoms with Gasteiger partial charge in [0.2, 0.25) is 10.0 Å². The first-order valence-electron chi connectivity index (χ1n) is 7.70. The monoisotopic (exact) mass is 460 g/mol. The molecule has 2 aromatic carbocycles. The van der Waals surface area contributed by atoms with Gasteiger partial charge in [0.15, 0.2) is 0 Å². The zero-order chi connectivity index (χ0) is 18.9. The predicted octanol–water partition coefficient (Wildman–Crippen LogP) is 2.70. The van der Waals surface area contributed by atoms with E-state index in [2.05, 4.69) is 25.4 Å². The van der Waals surface area contributed by atoms with E-state index in [0.717, 1.165) is 12.8 Å². The molecule has 0 heterocycles. The van der Waals surface area contributed by atoms with Gasteiger partial charge in [-0.05, 0) is 65.2 Å². The Bertz CT molecular complexity index is 1030. The number of halogens is 1. The highest BCUT2D eigenvalue weighted by Gasteiger charge is 2.28. The topological polar surface area (TPSA) is 102 Å². The standard InChI is InChI=1S/C16H17BrN2O5S2/c1-24-16-8-7-14(10-15(16)17)26(22,23)19-12-3-2-4-13(9-12)25(20,21)18-11-5-6-11/h2-4,7-11,18-19H,5-6H2,1H3. The van der Waals surface area contributed by atoms with Crippen LogP contribution in [0.15, 0.2) is 56.7 Å². The molecule has 1 aliphatic carbocycles. The molecule has 2 aromatic rings. The fraction of sp³-hybridized carbons (Fsp3) is 0.250. The molecule has 0 radical (unpaired) electrons. The Labute approximate surface area is 161 Å². The highest BCUT2D eigenvalue weighted by atomic mass is 79.9. The number of methoxy groups -OCH3 is 1. The average molecular weight is 461 g/mol. The number of rotatable bonds is 7. The van der Waals surface area contributed by atoms with Gasteiger partial charge in [0.1, 0.15) is 5.75 Å². The third kappa shape index (κ3) is 4.37. The van der Waals surface area contributed by atoms with Crippen LogP contribution in [0.3, 0.4) is 0 Å². The van der Waals surface area contributed by atoms with E-state index in [9.17, 15) is 16.8 Å². The summed E-state index contributed by atoms with van der Waals surface area (Å²) >= 11 is 3.25. The maximum absolute atomic E-state index is 12.6.